The fourth-order valence-corrected chi connectivity index (χ4v) is 2.17. The molecule has 1 amide bonds. The molecule has 0 aromatic heterocycles. The second-order valence-corrected chi connectivity index (χ2v) is 4.42. The van der Waals surface area contributed by atoms with Gasteiger partial charge in [-0.25, -0.2) is 0 Å². The van der Waals surface area contributed by atoms with Crippen LogP contribution in [0.5, 0.6) is 0 Å². The van der Waals surface area contributed by atoms with Gasteiger partial charge >= 0.3 is 6.18 Å². The first-order valence-electron chi connectivity index (χ1n) is 6.00. The van der Waals surface area contributed by atoms with Gasteiger partial charge in [0, 0.05) is 6.04 Å². The van der Waals surface area contributed by atoms with E-state index in [9.17, 15) is 18.0 Å². The summed E-state index contributed by atoms with van der Waals surface area (Å²) in [4.78, 5) is 13.3. The number of amides is 1. The zero-order chi connectivity index (χ0) is 12.9. The summed E-state index contributed by atoms with van der Waals surface area (Å²) in [5.74, 6) is -0.539. The monoisotopic (exact) mass is 252 g/mol. The molecule has 100 valence electrons. The molecular weight excluding hydrogens is 233 g/mol. The smallest absolute Gasteiger partial charge is 0.346 e. The first kappa shape index (κ1) is 14.3. The molecule has 1 aliphatic heterocycles. The Balaban J connectivity index is 2.33. The number of piperidine rings is 1. The molecule has 1 atom stereocenters. The summed E-state index contributed by atoms with van der Waals surface area (Å²) in [6.45, 7) is 1.68. The van der Waals surface area contributed by atoms with Crippen LogP contribution in [-0.2, 0) is 4.79 Å². The van der Waals surface area contributed by atoms with E-state index < -0.39 is 18.6 Å². The maximum absolute atomic E-state index is 11.9. The van der Waals surface area contributed by atoms with E-state index in [0.29, 0.717) is 6.04 Å². The van der Waals surface area contributed by atoms with Gasteiger partial charge in [-0.15, -0.1) is 0 Å². The standard InChI is InChI=1S/C11H19F3N2O/c1-2-9-5-3-4-6-16(9)7-10(17)15-8-11(12,13)14/h9H,2-8H2,1H3,(H,15,17). The average molecular weight is 252 g/mol. The van der Waals surface area contributed by atoms with Crippen molar-refractivity contribution >= 4 is 5.91 Å². The quantitative estimate of drug-likeness (QED) is 0.829. The lowest BCUT2D eigenvalue weighted by molar-refractivity contribution is -0.139. The van der Waals surface area contributed by atoms with Gasteiger partial charge in [0.15, 0.2) is 0 Å². The van der Waals surface area contributed by atoms with Crippen LogP contribution in [0.3, 0.4) is 0 Å². The van der Waals surface area contributed by atoms with Crippen molar-refractivity contribution in [1.82, 2.24) is 10.2 Å². The summed E-state index contributed by atoms with van der Waals surface area (Å²) in [5.41, 5.74) is 0. The summed E-state index contributed by atoms with van der Waals surface area (Å²) in [6.07, 6.45) is -0.209. The van der Waals surface area contributed by atoms with E-state index in [1.165, 1.54) is 0 Å². The molecule has 0 radical (unpaired) electrons. The van der Waals surface area contributed by atoms with Crippen LogP contribution in [0.1, 0.15) is 32.6 Å². The van der Waals surface area contributed by atoms with Crippen molar-refractivity contribution in [3.63, 3.8) is 0 Å². The predicted octanol–water partition coefficient (Wildman–Crippen LogP) is 1.93. The molecule has 0 aromatic rings. The van der Waals surface area contributed by atoms with E-state index in [4.69, 9.17) is 0 Å². The Labute approximate surface area is 99.4 Å². The Morgan fingerprint density at radius 2 is 2.12 bits per heavy atom. The molecule has 1 fully saturated rings. The fourth-order valence-electron chi connectivity index (χ4n) is 2.17. The molecule has 0 spiro atoms. The molecule has 0 aromatic carbocycles. The summed E-state index contributed by atoms with van der Waals surface area (Å²) < 4.78 is 35.7. The average Bonchev–Trinajstić information content (AvgIpc) is 2.26. The second-order valence-electron chi connectivity index (χ2n) is 4.42. The third-order valence-corrected chi connectivity index (χ3v) is 3.05. The second kappa shape index (κ2) is 6.23. The highest BCUT2D eigenvalue weighted by molar-refractivity contribution is 5.78. The third-order valence-electron chi connectivity index (χ3n) is 3.05. The van der Waals surface area contributed by atoms with Crippen LogP contribution in [0, 0.1) is 0 Å². The van der Waals surface area contributed by atoms with Crippen LogP contribution in [0.4, 0.5) is 13.2 Å². The fraction of sp³-hybridized carbons (Fsp3) is 0.909. The number of hydrogen-bond acceptors (Lipinski definition) is 2. The number of nitrogens with zero attached hydrogens (tertiary/aromatic N) is 1. The summed E-state index contributed by atoms with van der Waals surface area (Å²) >= 11 is 0. The molecule has 6 heteroatoms. The van der Waals surface area contributed by atoms with Crippen LogP contribution >= 0.6 is 0 Å². The van der Waals surface area contributed by atoms with E-state index in [1.807, 2.05) is 17.1 Å². The van der Waals surface area contributed by atoms with Gasteiger partial charge in [-0.1, -0.05) is 13.3 Å². The van der Waals surface area contributed by atoms with Crippen molar-refractivity contribution in [3.8, 4) is 0 Å². The molecule has 3 nitrogen and oxygen atoms in total. The van der Waals surface area contributed by atoms with Crippen LogP contribution in [0.25, 0.3) is 0 Å². The molecule has 0 saturated carbocycles. The van der Waals surface area contributed by atoms with Gasteiger partial charge in [0.2, 0.25) is 5.91 Å². The van der Waals surface area contributed by atoms with E-state index in [2.05, 4.69) is 0 Å². The maximum atomic E-state index is 11.9. The van der Waals surface area contributed by atoms with Gasteiger partial charge in [0.1, 0.15) is 6.54 Å². The van der Waals surface area contributed by atoms with Crippen molar-refractivity contribution in [2.75, 3.05) is 19.6 Å². The zero-order valence-corrected chi connectivity index (χ0v) is 10.0. The molecule has 1 saturated heterocycles. The van der Waals surface area contributed by atoms with Gasteiger partial charge in [0.25, 0.3) is 0 Å². The number of carbonyl (C=O) groups excluding carboxylic acids is 1. The zero-order valence-electron chi connectivity index (χ0n) is 10.0. The molecule has 1 heterocycles. The van der Waals surface area contributed by atoms with Crippen LogP contribution < -0.4 is 5.32 Å². The van der Waals surface area contributed by atoms with Gasteiger partial charge in [0.05, 0.1) is 6.54 Å². The molecule has 0 aliphatic carbocycles. The van der Waals surface area contributed by atoms with E-state index in [1.54, 1.807) is 0 Å². The van der Waals surface area contributed by atoms with Crippen LogP contribution in [0.15, 0.2) is 0 Å². The summed E-state index contributed by atoms with van der Waals surface area (Å²) in [5, 5.41) is 1.91. The molecule has 1 N–H and O–H groups in total. The van der Waals surface area contributed by atoms with E-state index in [0.717, 1.165) is 32.2 Å². The number of likely N-dealkylation sites (tertiary alicyclic amines) is 1. The number of rotatable bonds is 4. The number of alkyl halides is 3. The van der Waals surface area contributed by atoms with Crippen molar-refractivity contribution in [2.45, 2.75) is 44.8 Å². The molecule has 0 bridgehead atoms. The molecule has 1 rings (SSSR count). The first-order valence-corrected chi connectivity index (χ1v) is 6.00. The van der Waals surface area contributed by atoms with Gasteiger partial charge < -0.3 is 5.32 Å². The normalized spacial score (nSPS) is 22.5. The Morgan fingerprint density at radius 3 is 2.71 bits per heavy atom. The van der Waals surface area contributed by atoms with E-state index >= 15 is 0 Å². The predicted molar refractivity (Wildman–Crippen MR) is 58.6 cm³/mol. The Kier molecular flexibility index (Phi) is 5.24. The van der Waals surface area contributed by atoms with Gasteiger partial charge in [-0.2, -0.15) is 13.2 Å². The SMILES string of the molecule is CCC1CCCCN1CC(=O)NCC(F)(F)F. The van der Waals surface area contributed by atoms with Crippen molar-refractivity contribution < 1.29 is 18.0 Å². The third kappa shape index (κ3) is 5.39. The van der Waals surface area contributed by atoms with Gasteiger partial charge in [-0.3, -0.25) is 9.69 Å². The first-order chi connectivity index (χ1) is 7.92. The maximum Gasteiger partial charge on any atom is 0.405 e. The lowest BCUT2D eigenvalue weighted by Gasteiger charge is -2.34. The highest BCUT2D eigenvalue weighted by Crippen LogP contribution is 2.19. The van der Waals surface area contributed by atoms with Crippen molar-refractivity contribution in [3.05, 3.63) is 0 Å². The minimum atomic E-state index is -4.33. The molecule has 17 heavy (non-hydrogen) atoms. The van der Waals surface area contributed by atoms with Gasteiger partial charge in [-0.05, 0) is 25.8 Å². The van der Waals surface area contributed by atoms with Crippen LogP contribution in [-0.4, -0.2) is 42.7 Å². The Hall–Kier alpha value is -0.780. The minimum Gasteiger partial charge on any atom is -0.346 e. The lowest BCUT2D eigenvalue weighted by atomic mass is 10.0. The molecular formula is C11H19F3N2O. The number of halogens is 3. The number of nitrogens with one attached hydrogen (secondary N) is 1. The lowest BCUT2D eigenvalue weighted by Crippen LogP contribution is -2.46. The minimum absolute atomic E-state index is 0.0780. The molecule has 1 unspecified atom stereocenters. The van der Waals surface area contributed by atoms with Crippen molar-refractivity contribution in [1.29, 1.82) is 0 Å². The highest BCUT2D eigenvalue weighted by atomic mass is 19.4. The van der Waals surface area contributed by atoms with Crippen molar-refractivity contribution in [2.24, 2.45) is 0 Å². The number of hydrogen-bond donors (Lipinski definition) is 1. The highest BCUT2D eigenvalue weighted by Gasteiger charge is 2.29. The Morgan fingerprint density at radius 1 is 1.41 bits per heavy atom. The number of carbonyl (C=O) groups is 1. The molecule has 1 aliphatic rings. The summed E-state index contributed by atoms with van der Waals surface area (Å²) in [6, 6.07) is 0.334. The topological polar surface area (TPSA) is 32.3 Å². The summed E-state index contributed by atoms with van der Waals surface area (Å²) in [7, 11) is 0. The van der Waals surface area contributed by atoms with Crippen LogP contribution in [0.2, 0.25) is 0 Å². The van der Waals surface area contributed by atoms with E-state index in [-0.39, 0.29) is 6.54 Å². The Bertz CT molecular complexity index is 256. The largest absolute Gasteiger partial charge is 0.405 e.